The largest absolute Gasteiger partial charge is 0.359 e. The number of hydrogen-bond acceptors (Lipinski definition) is 4. The van der Waals surface area contributed by atoms with Crippen LogP contribution < -0.4 is 16.0 Å². The second-order valence-electron chi connectivity index (χ2n) is 6.69. The molecule has 4 rings (SSSR count). The molecule has 2 aromatic carbocycles. The number of allylic oxidation sites excluding steroid dienone is 1. The monoisotopic (exact) mass is 383 g/mol. The van der Waals surface area contributed by atoms with Crippen molar-refractivity contribution in [3.8, 4) is 0 Å². The van der Waals surface area contributed by atoms with E-state index in [1.165, 1.54) is 12.1 Å². The molecule has 27 heavy (non-hydrogen) atoms. The van der Waals surface area contributed by atoms with E-state index < -0.39 is 11.6 Å². The minimum atomic E-state index is -0.799. The van der Waals surface area contributed by atoms with Crippen LogP contribution in [0.3, 0.4) is 0 Å². The van der Waals surface area contributed by atoms with Crippen molar-refractivity contribution in [1.82, 2.24) is 10.3 Å². The van der Waals surface area contributed by atoms with E-state index in [0.29, 0.717) is 5.69 Å². The number of aliphatic imine (C=N–C) groups is 1. The minimum absolute atomic E-state index is 0.0624. The van der Waals surface area contributed by atoms with Crippen molar-refractivity contribution in [1.29, 1.82) is 0 Å². The lowest BCUT2D eigenvalue weighted by Gasteiger charge is -2.33. The molecule has 7 heteroatoms. The lowest BCUT2D eigenvalue weighted by atomic mass is 10.2. The van der Waals surface area contributed by atoms with Crippen molar-refractivity contribution >= 4 is 40.1 Å². The third-order valence-electron chi connectivity index (χ3n) is 4.29. The summed E-state index contributed by atoms with van der Waals surface area (Å²) in [6.07, 6.45) is 3.57. The second kappa shape index (κ2) is 6.63. The van der Waals surface area contributed by atoms with E-state index in [4.69, 9.17) is 11.6 Å². The number of fused-ring (bicyclic) bond motifs is 1. The van der Waals surface area contributed by atoms with Crippen molar-refractivity contribution in [3.63, 3.8) is 0 Å². The fraction of sp³-hybridized carbons (Fsp3) is 0.150. The molecule has 0 bridgehead atoms. The van der Waals surface area contributed by atoms with Gasteiger partial charge in [-0.25, -0.2) is 9.38 Å². The third kappa shape index (κ3) is 3.75. The van der Waals surface area contributed by atoms with Crippen LogP contribution in [0.2, 0.25) is 5.02 Å². The maximum atomic E-state index is 13.4. The number of benzene rings is 2. The van der Waals surface area contributed by atoms with E-state index >= 15 is 0 Å². The number of aromatic nitrogens is 1. The lowest BCUT2D eigenvalue weighted by molar-refractivity contribution is 0.464. The zero-order valence-corrected chi connectivity index (χ0v) is 15.7. The molecule has 0 saturated carbocycles. The van der Waals surface area contributed by atoms with Crippen molar-refractivity contribution in [3.05, 3.63) is 70.9 Å². The average Bonchev–Trinajstić information content (AvgIpc) is 2.97. The molecule has 0 fully saturated rings. The summed E-state index contributed by atoms with van der Waals surface area (Å²) in [4.78, 5) is 7.76. The first-order valence-corrected chi connectivity index (χ1v) is 8.91. The van der Waals surface area contributed by atoms with E-state index in [1.54, 1.807) is 12.3 Å². The summed E-state index contributed by atoms with van der Waals surface area (Å²) in [5.41, 5.74) is 3.85. The molecule has 0 spiro atoms. The maximum Gasteiger partial charge on any atom is 0.203 e. The van der Waals surface area contributed by atoms with Crippen LogP contribution in [0.1, 0.15) is 12.6 Å². The molecular formula is C20H19ClFN5. The number of nitrogens with zero attached hydrogens (tertiary/aromatic N) is 1. The molecule has 1 aromatic heterocycles. The number of aromatic amines is 1. The molecule has 0 amide bonds. The molecule has 138 valence electrons. The quantitative estimate of drug-likeness (QED) is 0.513. The van der Waals surface area contributed by atoms with E-state index in [0.717, 1.165) is 28.1 Å². The molecule has 1 atom stereocenters. The van der Waals surface area contributed by atoms with Crippen LogP contribution in [0.25, 0.3) is 10.9 Å². The highest BCUT2D eigenvalue weighted by Crippen LogP contribution is 2.24. The molecule has 1 aliphatic rings. The smallest absolute Gasteiger partial charge is 0.203 e. The Bertz CT molecular complexity index is 1070. The molecule has 0 aliphatic carbocycles. The molecular weight excluding hydrogens is 365 g/mol. The molecule has 1 aliphatic heterocycles. The predicted octanol–water partition coefficient (Wildman–Crippen LogP) is 4.98. The van der Waals surface area contributed by atoms with Gasteiger partial charge in [0.2, 0.25) is 5.79 Å². The number of halogens is 2. The van der Waals surface area contributed by atoms with Crippen molar-refractivity contribution in [2.75, 3.05) is 10.6 Å². The molecule has 4 N–H and O–H groups in total. The van der Waals surface area contributed by atoms with Crippen molar-refractivity contribution < 1.29 is 4.39 Å². The standard InChI is InChI=1S/C20H19ClFN5/c1-12-9-13-10-14(4-6-18(13)24-12)25-19-7-8-23-20(2,27-19)26-15-3-5-17(22)16(21)11-15/h3-11,24-27H,1-2H3. The Morgan fingerprint density at radius 1 is 1.11 bits per heavy atom. The van der Waals surface area contributed by atoms with E-state index in [-0.39, 0.29) is 5.02 Å². The Kier molecular flexibility index (Phi) is 4.28. The fourth-order valence-corrected chi connectivity index (χ4v) is 3.28. The second-order valence-corrected chi connectivity index (χ2v) is 7.10. The van der Waals surface area contributed by atoms with Gasteiger partial charge in [0.05, 0.1) is 5.02 Å². The predicted molar refractivity (Wildman–Crippen MR) is 110 cm³/mol. The Labute approximate surface area is 161 Å². The van der Waals surface area contributed by atoms with Gasteiger partial charge < -0.3 is 20.9 Å². The zero-order chi connectivity index (χ0) is 19.0. The Morgan fingerprint density at radius 3 is 2.74 bits per heavy atom. The highest BCUT2D eigenvalue weighted by Gasteiger charge is 2.25. The van der Waals surface area contributed by atoms with Gasteiger partial charge in [-0.2, -0.15) is 0 Å². The van der Waals surface area contributed by atoms with Crippen molar-refractivity contribution in [2.45, 2.75) is 19.6 Å². The van der Waals surface area contributed by atoms with Gasteiger partial charge in [-0.05, 0) is 62.4 Å². The van der Waals surface area contributed by atoms with Gasteiger partial charge in [-0.3, -0.25) is 0 Å². The van der Waals surface area contributed by atoms with Crippen LogP contribution in [0.15, 0.2) is 59.4 Å². The maximum absolute atomic E-state index is 13.4. The van der Waals surface area contributed by atoms with Crippen LogP contribution in [0.5, 0.6) is 0 Å². The lowest BCUT2D eigenvalue weighted by Crippen LogP contribution is -2.50. The normalized spacial score (nSPS) is 18.9. The minimum Gasteiger partial charge on any atom is -0.359 e. The van der Waals surface area contributed by atoms with Gasteiger partial charge >= 0.3 is 0 Å². The van der Waals surface area contributed by atoms with Crippen LogP contribution >= 0.6 is 11.6 Å². The highest BCUT2D eigenvalue weighted by molar-refractivity contribution is 6.31. The number of nitrogens with one attached hydrogen (secondary N) is 4. The summed E-state index contributed by atoms with van der Waals surface area (Å²) in [5, 5.41) is 11.1. The number of aryl methyl sites for hydroxylation is 1. The Hall–Kier alpha value is -2.99. The van der Waals surface area contributed by atoms with Crippen LogP contribution in [0, 0.1) is 12.7 Å². The molecule has 2 heterocycles. The third-order valence-corrected chi connectivity index (χ3v) is 4.58. The molecule has 5 nitrogen and oxygen atoms in total. The molecule has 3 aromatic rings. The van der Waals surface area contributed by atoms with Crippen LogP contribution in [-0.2, 0) is 0 Å². The van der Waals surface area contributed by atoms with Gasteiger partial charge in [0.15, 0.2) is 0 Å². The molecule has 0 saturated heterocycles. The van der Waals surface area contributed by atoms with Gasteiger partial charge in [0.25, 0.3) is 0 Å². The van der Waals surface area contributed by atoms with Crippen LogP contribution in [-0.4, -0.2) is 17.0 Å². The van der Waals surface area contributed by atoms with Gasteiger partial charge in [0, 0.05) is 34.2 Å². The highest BCUT2D eigenvalue weighted by atomic mass is 35.5. The van der Waals surface area contributed by atoms with Gasteiger partial charge in [-0.1, -0.05) is 11.6 Å². The topological polar surface area (TPSA) is 64.2 Å². The number of H-pyrrole nitrogens is 1. The van der Waals surface area contributed by atoms with E-state index in [1.807, 2.05) is 32.1 Å². The fourth-order valence-electron chi connectivity index (χ4n) is 3.10. The first-order chi connectivity index (χ1) is 12.9. The summed E-state index contributed by atoms with van der Waals surface area (Å²) in [6, 6.07) is 12.7. The summed E-state index contributed by atoms with van der Waals surface area (Å²) in [5.74, 6) is -0.461. The zero-order valence-electron chi connectivity index (χ0n) is 14.9. The summed E-state index contributed by atoms with van der Waals surface area (Å²) < 4.78 is 13.4. The summed E-state index contributed by atoms with van der Waals surface area (Å²) in [6.45, 7) is 3.92. The summed E-state index contributed by atoms with van der Waals surface area (Å²) in [7, 11) is 0. The van der Waals surface area contributed by atoms with E-state index in [2.05, 4.69) is 38.1 Å². The number of hydrogen-bond donors (Lipinski definition) is 4. The Balaban J connectivity index is 1.50. The molecule has 1 unspecified atom stereocenters. The van der Waals surface area contributed by atoms with Crippen molar-refractivity contribution in [2.24, 2.45) is 4.99 Å². The molecule has 0 radical (unpaired) electrons. The number of rotatable bonds is 4. The summed E-state index contributed by atoms with van der Waals surface area (Å²) >= 11 is 5.86. The first kappa shape index (κ1) is 17.4. The Morgan fingerprint density at radius 2 is 1.93 bits per heavy atom. The van der Waals surface area contributed by atoms with Gasteiger partial charge in [-0.15, -0.1) is 0 Å². The van der Waals surface area contributed by atoms with Crippen LogP contribution in [0.4, 0.5) is 15.8 Å². The number of anilines is 2. The SMILES string of the molecule is Cc1cc2cc(NC3=CC=NC(C)(Nc4ccc(F)c(Cl)c4)N3)ccc2[nH]1. The van der Waals surface area contributed by atoms with E-state index in [9.17, 15) is 4.39 Å². The first-order valence-electron chi connectivity index (χ1n) is 8.54. The van der Waals surface area contributed by atoms with Gasteiger partial charge in [0.1, 0.15) is 11.6 Å². The average molecular weight is 384 g/mol.